The predicted octanol–water partition coefficient (Wildman–Crippen LogP) is 3.44. The third-order valence-electron chi connectivity index (χ3n) is 5.82. The summed E-state index contributed by atoms with van der Waals surface area (Å²) in [5.41, 5.74) is 9.18. The van der Waals surface area contributed by atoms with E-state index in [-0.39, 0.29) is 5.91 Å². The van der Waals surface area contributed by atoms with Gasteiger partial charge < -0.3 is 16.2 Å². The summed E-state index contributed by atoms with van der Waals surface area (Å²) in [6.07, 6.45) is 4.21. The first-order chi connectivity index (χ1) is 13.5. The van der Waals surface area contributed by atoms with E-state index in [9.17, 15) is 19.5 Å². The molecular formula is C21H22N2O4S. The van der Waals surface area contributed by atoms with Crippen LogP contribution in [0.2, 0.25) is 0 Å². The number of fused-ring (bicyclic) bond motifs is 3. The van der Waals surface area contributed by atoms with E-state index in [1.165, 1.54) is 16.9 Å². The highest BCUT2D eigenvalue weighted by molar-refractivity contribution is 7.20. The van der Waals surface area contributed by atoms with Gasteiger partial charge in [0.05, 0.1) is 17.4 Å². The maximum absolute atomic E-state index is 12.9. The van der Waals surface area contributed by atoms with Gasteiger partial charge in [-0.25, -0.2) is 0 Å². The van der Waals surface area contributed by atoms with E-state index in [1.54, 1.807) is 0 Å². The maximum Gasteiger partial charge on any atom is 0.307 e. The Morgan fingerprint density at radius 1 is 1.07 bits per heavy atom. The van der Waals surface area contributed by atoms with Crippen molar-refractivity contribution < 1.29 is 19.5 Å². The number of anilines is 1. The van der Waals surface area contributed by atoms with Crippen LogP contribution in [-0.2, 0) is 22.4 Å². The first-order valence-electron chi connectivity index (χ1n) is 9.54. The molecule has 2 aliphatic carbocycles. The molecule has 0 aliphatic heterocycles. The number of rotatable bonds is 4. The van der Waals surface area contributed by atoms with Crippen molar-refractivity contribution in [1.82, 2.24) is 0 Å². The second kappa shape index (κ2) is 7.39. The molecule has 0 saturated heterocycles. The zero-order chi connectivity index (χ0) is 19.8. The van der Waals surface area contributed by atoms with E-state index in [1.807, 2.05) is 18.2 Å². The van der Waals surface area contributed by atoms with Gasteiger partial charge in [-0.1, -0.05) is 37.1 Å². The second-order valence-corrected chi connectivity index (χ2v) is 8.48. The molecule has 28 heavy (non-hydrogen) atoms. The van der Waals surface area contributed by atoms with Gasteiger partial charge in [-0.15, -0.1) is 11.3 Å². The minimum Gasteiger partial charge on any atom is -0.481 e. The summed E-state index contributed by atoms with van der Waals surface area (Å²) < 4.78 is 0. The number of nitrogens with two attached hydrogens (primary N) is 1. The van der Waals surface area contributed by atoms with E-state index in [4.69, 9.17) is 5.73 Å². The van der Waals surface area contributed by atoms with Crippen LogP contribution >= 0.6 is 11.3 Å². The molecule has 1 aromatic carbocycles. The average Bonchev–Trinajstić information content (AvgIpc) is 3.06. The quantitative estimate of drug-likeness (QED) is 0.733. The minimum absolute atomic E-state index is 0.332. The number of primary amides is 1. The molecule has 1 aromatic heterocycles. The van der Waals surface area contributed by atoms with Gasteiger partial charge in [-0.3, -0.25) is 14.4 Å². The summed E-state index contributed by atoms with van der Waals surface area (Å²) in [7, 11) is 0. The third kappa shape index (κ3) is 3.20. The average molecular weight is 398 g/mol. The normalized spacial score (nSPS) is 20.7. The zero-order valence-electron chi connectivity index (χ0n) is 15.4. The lowest BCUT2D eigenvalue weighted by molar-refractivity contribution is -0.147. The molecule has 0 spiro atoms. The number of carboxylic acid groups (broad SMARTS) is 1. The number of nitrogens with one attached hydrogen (secondary N) is 1. The van der Waals surface area contributed by atoms with Crippen LogP contribution in [-0.4, -0.2) is 22.9 Å². The fourth-order valence-electron chi connectivity index (χ4n) is 4.43. The molecule has 7 heteroatoms. The lowest BCUT2D eigenvalue weighted by Crippen LogP contribution is -2.36. The topological polar surface area (TPSA) is 109 Å². The monoisotopic (exact) mass is 398 g/mol. The Labute approximate surface area is 166 Å². The Bertz CT molecular complexity index is 965. The standard InChI is InChI=1S/C21H22N2O4S/c22-18(24)16-15-10-9-11-5-1-2-6-12(11)17(15)28-20(16)23-19(25)13-7-3-4-8-14(13)21(26)27/h1-2,5-6,13-14H,3-4,7-10H2,(H2,22,24)(H,23,25)(H,26,27)/t13-,14+/m1/s1. The largest absolute Gasteiger partial charge is 0.481 e. The molecule has 1 heterocycles. The number of carbonyl (C=O) groups excluding carboxylic acids is 2. The van der Waals surface area contributed by atoms with Gasteiger partial charge in [0.25, 0.3) is 5.91 Å². The van der Waals surface area contributed by atoms with Gasteiger partial charge in [-0.2, -0.15) is 0 Å². The highest BCUT2D eigenvalue weighted by Gasteiger charge is 2.37. The number of aliphatic carboxylic acids is 1. The molecule has 4 N–H and O–H groups in total. The fourth-order valence-corrected chi connectivity index (χ4v) is 5.75. The van der Waals surface area contributed by atoms with Crippen molar-refractivity contribution in [3.05, 3.63) is 41.0 Å². The number of carbonyl (C=O) groups is 3. The first kappa shape index (κ1) is 18.7. The second-order valence-electron chi connectivity index (χ2n) is 7.46. The molecule has 1 saturated carbocycles. The molecule has 0 radical (unpaired) electrons. The smallest absolute Gasteiger partial charge is 0.307 e. The third-order valence-corrected chi connectivity index (χ3v) is 7.00. The highest BCUT2D eigenvalue weighted by atomic mass is 32.1. The van der Waals surface area contributed by atoms with Crippen molar-refractivity contribution in [1.29, 1.82) is 0 Å². The number of hydrogen-bond donors (Lipinski definition) is 3. The van der Waals surface area contributed by atoms with Crippen molar-refractivity contribution in [2.45, 2.75) is 38.5 Å². The summed E-state index contributed by atoms with van der Waals surface area (Å²) in [6.45, 7) is 0. The van der Waals surface area contributed by atoms with E-state index in [0.29, 0.717) is 29.8 Å². The van der Waals surface area contributed by atoms with Crippen LogP contribution in [0.15, 0.2) is 24.3 Å². The summed E-state index contributed by atoms with van der Waals surface area (Å²) in [6, 6.07) is 8.03. The first-order valence-corrected chi connectivity index (χ1v) is 10.4. The maximum atomic E-state index is 12.9. The lowest BCUT2D eigenvalue weighted by Gasteiger charge is -2.27. The predicted molar refractivity (Wildman–Crippen MR) is 107 cm³/mol. The van der Waals surface area contributed by atoms with E-state index >= 15 is 0 Å². The van der Waals surface area contributed by atoms with Gasteiger partial charge in [0, 0.05) is 4.88 Å². The molecule has 0 bridgehead atoms. The highest BCUT2D eigenvalue weighted by Crippen LogP contribution is 2.45. The minimum atomic E-state index is -0.936. The summed E-state index contributed by atoms with van der Waals surface area (Å²) in [4.78, 5) is 37.6. The molecule has 2 aliphatic rings. The molecule has 2 atom stereocenters. The van der Waals surface area contributed by atoms with Crippen LogP contribution in [0.1, 0.15) is 47.2 Å². The van der Waals surface area contributed by atoms with Crippen LogP contribution < -0.4 is 11.1 Å². The number of aryl methyl sites for hydroxylation is 1. The van der Waals surface area contributed by atoms with E-state index < -0.39 is 23.7 Å². The lowest BCUT2D eigenvalue weighted by atomic mass is 9.78. The van der Waals surface area contributed by atoms with Crippen molar-refractivity contribution in [3.8, 4) is 10.4 Å². The summed E-state index contributed by atoms with van der Waals surface area (Å²) in [5.74, 6) is -3.10. The number of thiophene rings is 1. The van der Waals surface area contributed by atoms with E-state index in [2.05, 4.69) is 11.4 Å². The van der Waals surface area contributed by atoms with Crippen molar-refractivity contribution in [2.24, 2.45) is 17.6 Å². The molecule has 4 rings (SSSR count). The Morgan fingerprint density at radius 2 is 1.79 bits per heavy atom. The van der Waals surface area contributed by atoms with E-state index in [0.717, 1.165) is 35.3 Å². The Balaban J connectivity index is 1.69. The molecule has 146 valence electrons. The fraction of sp³-hybridized carbons (Fsp3) is 0.381. The van der Waals surface area contributed by atoms with Gasteiger partial charge >= 0.3 is 5.97 Å². The van der Waals surface area contributed by atoms with Crippen LogP contribution in [0, 0.1) is 11.8 Å². The Hall–Kier alpha value is -2.67. The molecule has 2 amide bonds. The van der Waals surface area contributed by atoms with Gasteiger partial charge in [0.2, 0.25) is 5.91 Å². The van der Waals surface area contributed by atoms with Gasteiger partial charge in [-0.05, 0) is 42.4 Å². The van der Waals surface area contributed by atoms with Crippen molar-refractivity contribution in [2.75, 3.05) is 5.32 Å². The molecule has 2 aromatic rings. The van der Waals surface area contributed by atoms with Crippen LogP contribution in [0.25, 0.3) is 10.4 Å². The number of amides is 2. The SMILES string of the molecule is NC(=O)c1c(NC(=O)[C@@H]2CCCC[C@@H]2C(=O)O)sc2c1CCc1ccccc1-2. The molecule has 0 unspecified atom stereocenters. The van der Waals surface area contributed by atoms with Crippen molar-refractivity contribution >= 4 is 34.1 Å². The Morgan fingerprint density at radius 3 is 2.50 bits per heavy atom. The van der Waals surface area contributed by atoms with Crippen molar-refractivity contribution in [3.63, 3.8) is 0 Å². The zero-order valence-corrected chi connectivity index (χ0v) is 16.2. The molecule has 1 fully saturated rings. The number of carboxylic acids is 1. The van der Waals surface area contributed by atoms with Crippen LogP contribution in [0.5, 0.6) is 0 Å². The Kier molecular flexibility index (Phi) is 4.93. The van der Waals surface area contributed by atoms with Gasteiger partial charge in [0.1, 0.15) is 5.00 Å². The number of hydrogen-bond acceptors (Lipinski definition) is 4. The summed E-state index contributed by atoms with van der Waals surface area (Å²) >= 11 is 1.35. The number of benzene rings is 1. The molecular weight excluding hydrogens is 376 g/mol. The van der Waals surface area contributed by atoms with Crippen LogP contribution in [0.4, 0.5) is 5.00 Å². The molecule has 6 nitrogen and oxygen atoms in total. The summed E-state index contributed by atoms with van der Waals surface area (Å²) in [5, 5.41) is 12.7. The van der Waals surface area contributed by atoms with Gasteiger partial charge in [0.15, 0.2) is 0 Å². The van der Waals surface area contributed by atoms with Crippen LogP contribution in [0.3, 0.4) is 0 Å².